The van der Waals surface area contributed by atoms with Crippen LogP contribution in [0.1, 0.15) is 51.9 Å². The fraction of sp³-hybridized carbons (Fsp3) is 0.591. The molecule has 0 spiro atoms. The highest BCUT2D eigenvalue weighted by Gasteiger charge is 2.68. The maximum atomic E-state index is 13.3. The van der Waals surface area contributed by atoms with Crippen LogP contribution in [-0.2, 0) is 16.0 Å². The first-order valence-corrected chi connectivity index (χ1v) is 9.48. The third-order valence-corrected chi connectivity index (χ3v) is 6.80. The van der Waals surface area contributed by atoms with Crippen LogP contribution in [0.3, 0.4) is 0 Å². The van der Waals surface area contributed by atoms with E-state index in [1.54, 1.807) is 0 Å². The molecule has 1 aromatic heterocycles. The number of carbonyl (C=O) groups excluding carboxylic acids is 1. The molecule has 1 saturated heterocycles. The van der Waals surface area contributed by atoms with Crippen molar-refractivity contribution < 1.29 is 14.3 Å². The first-order valence-electron chi connectivity index (χ1n) is 9.48. The zero-order valence-electron chi connectivity index (χ0n) is 16.6. The number of carbonyl (C=O) groups is 1. The van der Waals surface area contributed by atoms with Crippen LogP contribution in [-0.4, -0.2) is 28.8 Å². The van der Waals surface area contributed by atoms with Gasteiger partial charge in [-0.05, 0) is 30.7 Å². The standard InChI is InChI=1S/C22H29NO3/c1-20(2)19(21(20,3)4)18(24)16-12-23(17-10-8-7-9-15(16)17)11-14-13-25-22(5,6)26-14/h7-10,12,14,19H,11,13H2,1-6H3/t14-/m1/s1. The van der Waals surface area contributed by atoms with Crippen molar-refractivity contribution >= 4 is 16.7 Å². The number of aromatic nitrogens is 1. The summed E-state index contributed by atoms with van der Waals surface area (Å²) in [6.07, 6.45) is 2.02. The van der Waals surface area contributed by atoms with Gasteiger partial charge in [-0.2, -0.15) is 0 Å². The van der Waals surface area contributed by atoms with Gasteiger partial charge in [0.05, 0.1) is 13.2 Å². The van der Waals surface area contributed by atoms with Crippen molar-refractivity contribution in [3.8, 4) is 0 Å². The first-order chi connectivity index (χ1) is 12.0. The summed E-state index contributed by atoms with van der Waals surface area (Å²) in [4.78, 5) is 13.3. The van der Waals surface area contributed by atoms with Gasteiger partial charge in [-0.15, -0.1) is 0 Å². The van der Waals surface area contributed by atoms with Crippen molar-refractivity contribution in [1.29, 1.82) is 0 Å². The van der Waals surface area contributed by atoms with Crippen LogP contribution in [0.15, 0.2) is 30.5 Å². The van der Waals surface area contributed by atoms with Crippen LogP contribution in [0.2, 0.25) is 0 Å². The fourth-order valence-corrected chi connectivity index (χ4v) is 4.67. The van der Waals surface area contributed by atoms with Gasteiger partial charge in [-0.25, -0.2) is 0 Å². The van der Waals surface area contributed by atoms with Gasteiger partial charge >= 0.3 is 0 Å². The minimum Gasteiger partial charge on any atom is -0.348 e. The Morgan fingerprint density at radius 3 is 2.35 bits per heavy atom. The molecule has 2 fully saturated rings. The summed E-state index contributed by atoms with van der Waals surface area (Å²) >= 11 is 0. The number of hydrogen-bond donors (Lipinski definition) is 0. The number of Topliss-reactive ketones (excluding diaryl/α,β-unsaturated/α-hetero) is 1. The van der Waals surface area contributed by atoms with E-state index < -0.39 is 5.79 Å². The summed E-state index contributed by atoms with van der Waals surface area (Å²) in [6.45, 7) is 13.9. The van der Waals surface area contributed by atoms with Crippen LogP contribution < -0.4 is 0 Å². The molecule has 4 nitrogen and oxygen atoms in total. The Labute approximate surface area is 155 Å². The molecule has 4 heteroatoms. The second-order valence-electron chi connectivity index (χ2n) is 9.40. The molecule has 2 aliphatic rings. The average molecular weight is 355 g/mol. The molecule has 0 amide bonds. The molecule has 1 aromatic carbocycles. The van der Waals surface area contributed by atoms with Crippen LogP contribution in [0, 0.1) is 16.7 Å². The van der Waals surface area contributed by atoms with Crippen LogP contribution in [0.4, 0.5) is 0 Å². The zero-order chi connectivity index (χ0) is 18.9. The minimum atomic E-state index is -0.533. The van der Waals surface area contributed by atoms with E-state index in [2.05, 4.69) is 44.4 Å². The number of nitrogens with zero attached hydrogens (tertiary/aromatic N) is 1. The van der Waals surface area contributed by atoms with Gasteiger partial charge in [0.2, 0.25) is 0 Å². The Balaban J connectivity index is 1.68. The van der Waals surface area contributed by atoms with Gasteiger partial charge in [-0.3, -0.25) is 4.79 Å². The second kappa shape index (κ2) is 5.43. The van der Waals surface area contributed by atoms with Crippen LogP contribution in [0.5, 0.6) is 0 Å². The largest absolute Gasteiger partial charge is 0.348 e. The van der Waals surface area contributed by atoms with Crippen LogP contribution in [0.25, 0.3) is 10.9 Å². The van der Waals surface area contributed by atoms with E-state index in [0.29, 0.717) is 13.2 Å². The number of ether oxygens (including phenoxy) is 2. The van der Waals surface area contributed by atoms with Crippen molar-refractivity contribution in [2.45, 2.75) is 60.0 Å². The van der Waals surface area contributed by atoms with E-state index >= 15 is 0 Å². The Bertz CT molecular complexity index is 861. The van der Waals surface area contributed by atoms with E-state index in [1.807, 2.05) is 32.2 Å². The lowest BCUT2D eigenvalue weighted by molar-refractivity contribution is -0.139. The average Bonchev–Trinajstić information content (AvgIpc) is 2.89. The number of ketones is 1. The quantitative estimate of drug-likeness (QED) is 0.749. The zero-order valence-corrected chi connectivity index (χ0v) is 16.6. The van der Waals surface area contributed by atoms with Crippen molar-refractivity contribution in [1.82, 2.24) is 4.57 Å². The highest BCUT2D eigenvalue weighted by Crippen LogP contribution is 2.69. The monoisotopic (exact) mass is 355 g/mol. The molecule has 2 aromatic rings. The lowest BCUT2D eigenvalue weighted by Crippen LogP contribution is -2.23. The van der Waals surface area contributed by atoms with Gasteiger partial charge in [0, 0.05) is 28.6 Å². The molecule has 26 heavy (non-hydrogen) atoms. The maximum Gasteiger partial charge on any atom is 0.169 e. The number of benzene rings is 1. The lowest BCUT2D eigenvalue weighted by Gasteiger charge is -2.17. The number of hydrogen-bond acceptors (Lipinski definition) is 3. The molecule has 1 atom stereocenters. The Morgan fingerprint density at radius 1 is 1.12 bits per heavy atom. The fourth-order valence-electron chi connectivity index (χ4n) is 4.67. The number of para-hydroxylation sites is 1. The van der Waals surface area contributed by atoms with Crippen molar-refractivity contribution in [3.63, 3.8) is 0 Å². The Kier molecular flexibility index (Phi) is 3.71. The van der Waals surface area contributed by atoms with E-state index in [0.717, 1.165) is 16.5 Å². The third kappa shape index (κ3) is 2.54. The summed E-state index contributed by atoms with van der Waals surface area (Å²) in [5.74, 6) is -0.202. The molecule has 1 saturated carbocycles. The molecule has 1 aliphatic carbocycles. The highest BCUT2D eigenvalue weighted by atomic mass is 16.7. The predicted octanol–water partition coefficient (Wildman–Crippen LogP) is 4.66. The molecule has 4 rings (SSSR count). The molecular weight excluding hydrogens is 326 g/mol. The summed E-state index contributed by atoms with van der Waals surface area (Å²) in [5.41, 5.74) is 2.00. The normalized spacial score (nSPS) is 26.3. The Hall–Kier alpha value is -1.65. The predicted molar refractivity (Wildman–Crippen MR) is 102 cm³/mol. The van der Waals surface area contributed by atoms with Crippen LogP contribution >= 0.6 is 0 Å². The van der Waals surface area contributed by atoms with Gasteiger partial charge in [0.15, 0.2) is 11.6 Å². The van der Waals surface area contributed by atoms with E-state index in [9.17, 15) is 4.79 Å². The molecular formula is C22H29NO3. The van der Waals surface area contributed by atoms with Gasteiger partial charge < -0.3 is 14.0 Å². The third-order valence-electron chi connectivity index (χ3n) is 6.80. The topological polar surface area (TPSA) is 40.5 Å². The summed E-state index contributed by atoms with van der Waals surface area (Å²) < 4.78 is 13.8. The summed E-state index contributed by atoms with van der Waals surface area (Å²) in [7, 11) is 0. The van der Waals surface area contributed by atoms with E-state index in [1.165, 1.54) is 0 Å². The van der Waals surface area contributed by atoms with Crippen molar-refractivity contribution in [2.24, 2.45) is 16.7 Å². The summed E-state index contributed by atoms with van der Waals surface area (Å²) in [6, 6.07) is 8.16. The molecule has 0 N–H and O–H groups in total. The van der Waals surface area contributed by atoms with Crippen molar-refractivity contribution in [3.05, 3.63) is 36.0 Å². The minimum absolute atomic E-state index is 0.00225. The first kappa shape index (κ1) is 17.7. The van der Waals surface area contributed by atoms with Gasteiger partial charge in [-0.1, -0.05) is 45.9 Å². The lowest BCUT2D eigenvalue weighted by atomic mass is 10.0. The SMILES string of the molecule is CC1(C)OC[C@@H](Cn2cc(C(=O)C3C(C)(C)C3(C)C)c3ccccc32)O1. The summed E-state index contributed by atoms with van der Waals surface area (Å²) in [5, 5.41) is 1.04. The number of rotatable bonds is 4. The maximum absolute atomic E-state index is 13.3. The second-order valence-corrected chi connectivity index (χ2v) is 9.40. The molecule has 0 radical (unpaired) electrons. The molecule has 0 bridgehead atoms. The number of fused-ring (bicyclic) bond motifs is 1. The smallest absolute Gasteiger partial charge is 0.169 e. The Morgan fingerprint density at radius 2 is 1.77 bits per heavy atom. The molecule has 140 valence electrons. The van der Waals surface area contributed by atoms with Gasteiger partial charge in [0.1, 0.15) is 6.10 Å². The van der Waals surface area contributed by atoms with Gasteiger partial charge in [0.25, 0.3) is 0 Å². The molecule has 2 heterocycles. The molecule has 1 aliphatic heterocycles. The highest BCUT2D eigenvalue weighted by molar-refractivity contribution is 6.11. The molecule has 0 unspecified atom stereocenters. The van der Waals surface area contributed by atoms with E-state index in [4.69, 9.17) is 9.47 Å². The van der Waals surface area contributed by atoms with E-state index in [-0.39, 0.29) is 28.6 Å². The van der Waals surface area contributed by atoms with Crippen molar-refractivity contribution in [2.75, 3.05) is 6.61 Å².